The molecule has 24 heavy (non-hydrogen) atoms. The van der Waals surface area contributed by atoms with Crippen molar-refractivity contribution in [2.75, 3.05) is 0 Å². The highest BCUT2D eigenvalue weighted by molar-refractivity contribution is 7.19. The first-order valence-corrected chi connectivity index (χ1v) is 9.20. The number of rotatable bonds is 1. The smallest absolute Gasteiger partial charge is 0.195 e. The van der Waals surface area contributed by atoms with E-state index in [9.17, 15) is 0 Å². The fourth-order valence-corrected chi connectivity index (χ4v) is 4.22. The van der Waals surface area contributed by atoms with Gasteiger partial charge in [0.25, 0.3) is 0 Å². The van der Waals surface area contributed by atoms with Gasteiger partial charge in [-0.15, -0.1) is 22.7 Å². The van der Waals surface area contributed by atoms with E-state index >= 15 is 0 Å². The van der Waals surface area contributed by atoms with Crippen LogP contribution in [0.5, 0.6) is 0 Å². The number of hydrogen-bond acceptors (Lipinski definition) is 6. The van der Waals surface area contributed by atoms with E-state index in [1.807, 2.05) is 36.4 Å². The molecule has 0 radical (unpaired) electrons. The van der Waals surface area contributed by atoms with Crippen molar-refractivity contribution >= 4 is 66.3 Å². The molecule has 0 spiro atoms. The van der Waals surface area contributed by atoms with Gasteiger partial charge in [0.15, 0.2) is 5.01 Å². The van der Waals surface area contributed by atoms with E-state index < -0.39 is 0 Å². The van der Waals surface area contributed by atoms with Crippen molar-refractivity contribution in [3.8, 4) is 6.07 Å². The van der Waals surface area contributed by atoms with Crippen LogP contribution >= 0.6 is 45.9 Å². The summed E-state index contributed by atoms with van der Waals surface area (Å²) >= 11 is 14.7. The van der Waals surface area contributed by atoms with Crippen molar-refractivity contribution in [3.63, 3.8) is 0 Å². The molecule has 0 saturated carbocycles. The molecule has 0 bridgehead atoms. The fraction of sp³-hybridized carbons (Fsp3) is 0.0625. The Hall–Kier alpha value is -1.75. The zero-order valence-corrected chi connectivity index (χ0v) is 15.3. The van der Waals surface area contributed by atoms with Gasteiger partial charge in [-0.1, -0.05) is 35.3 Å². The normalized spacial score (nSPS) is 10.4. The lowest BCUT2D eigenvalue weighted by molar-refractivity contribution is 1.05. The van der Waals surface area contributed by atoms with Gasteiger partial charge >= 0.3 is 0 Å². The van der Waals surface area contributed by atoms with Gasteiger partial charge in [0.05, 0.1) is 19.4 Å². The Morgan fingerprint density at radius 2 is 1.54 bits per heavy atom. The lowest BCUT2D eigenvalue weighted by atomic mass is 10.3. The summed E-state index contributed by atoms with van der Waals surface area (Å²) < 4.78 is 2.06. The van der Waals surface area contributed by atoms with Crippen LogP contribution in [-0.4, -0.2) is 9.97 Å². The Morgan fingerprint density at radius 1 is 0.958 bits per heavy atom. The number of para-hydroxylation sites is 2. The second kappa shape index (κ2) is 7.43. The van der Waals surface area contributed by atoms with E-state index in [0.717, 1.165) is 25.4 Å². The number of fused-ring (bicyclic) bond motifs is 2. The van der Waals surface area contributed by atoms with Crippen molar-refractivity contribution in [2.24, 2.45) is 5.73 Å². The molecule has 4 rings (SSSR count). The second-order valence-electron chi connectivity index (χ2n) is 4.62. The van der Waals surface area contributed by atoms with Crippen molar-refractivity contribution in [1.82, 2.24) is 9.97 Å². The van der Waals surface area contributed by atoms with Gasteiger partial charge in [-0.05, 0) is 24.3 Å². The van der Waals surface area contributed by atoms with Crippen LogP contribution in [0.25, 0.3) is 20.4 Å². The van der Waals surface area contributed by atoms with Gasteiger partial charge in [0, 0.05) is 6.54 Å². The Labute approximate surface area is 156 Å². The minimum atomic E-state index is 0.457. The first-order chi connectivity index (χ1) is 11.6. The van der Waals surface area contributed by atoms with E-state index in [2.05, 4.69) is 9.97 Å². The average molecular weight is 393 g/mol. The van der Waals surface area contributed by atoms with Crippen molar-refractivity contribution in [1.29, 1.82) is 5.26 Å². The summed E-state index contributed by atoms with van der Waals surface area (Å²) in [6, 6.07) is 13.3. The van der Waals surface area contributed by atoms with Crippen molar-refractivity contribution < 1.29 is 0 Å². The maximum atomic E-state index is 8.58. The van der Waals surface area contributed by atoms with Gasteiger partial charge in [0.1, 0.15) is 22.1 Å². The summed E-state index contributed by atoms with van der Waals surface area (Å²) in [4.78, 5) is 8.35. The first-order valence-electron chi connectivity index (χ1n) is 6.81. The number of halogens is 2. The molecule has 4 nitrogen and oxygen atoms in total. The molecule has 0 aliphatic rings. The summed E-state index contributed by atoms with van der Waals surface area (Å²) in [5.41, 5.74) is 7.06. The lowest BCUT2D eigenvalue weighted by Gasteiger charge is -1.88. The number of nitriles is 1. The molecule has 2 heterocycles. The van der Waals surface area contributed by atoms with Crippen molar-refractivity contribution in [2.45, 2.75) is 6.54 Å². The lowest BCUT2D eigenvalue weighted by Crippen LogP contribution is -1.93. The molecule has 0 fully saturated rings. The quantitative estimate of drug-likeness (QED) is 0.481. The zero-order valence-electron chi connectivity index (χ0n) is 12.2. The average Bonchev–Trinajstić information content (AvgIpc) is 3.20. The molecule has 0 atom stereocenters. The minimum absolute atomic E-state index is 0.457. The van der Waals surface area contributed by atoms with Crippen LogP contribution in [0.4, 0.5) is 0 Å². The molecule has 2 aromatic carbocycles. The predicted molar refractivity (Wildman–Crippen MR) is 102 cm³/mol. The molecular formula is C16H10Cl2N4S2. The minimum Gasteiger partial charge on any atom is -0.325 e. The fourth-order valence-electron chi connectivity index (χ4n) is 2.01. The molecule has 2 aromatic heterocycles. The number of thiazole rings is 2. The summed E-state index contributed by atoms with van der Waals surface area (Å²) in [6.07, 6.45) is 0. The standard InChI is InChI=1S/C8H7ClN2S.C8H3ClN2S/c2*9-5-2-1-3-6-8(5)11-7(4-10)12-6/h1-3H,4,10H2;1-3H. The number of nitrogens with two attached hydrogens (primary N) is 1. The molecule has 0 amide bonds. The number of aromatic nitrogens is 2. The van der Waals surface area contributed by atoms with Gasteiger partial charge in [-0.3, -0.25) is 0 Å². The maximum absolute atomic E-state index is 8.58. The largest absolute Gasteiger partial charge is 0.325 e. The Kier molecular flexibility index (Phi) is 5.29. The van der Waals surface area contributed by atoms with E-state index in [-0.39, 0.29) is 0 Å². The Morgan fingerprint density at radius 3 is 2.04 bits per heavy atom. The molecule has 8 heteroatoms. The second-order valence-corrected chi connectivity index (χ2v) is 7.58. The van der Waals surface area contributed by atoms with Crippen LogP contribution in [0.15, 0.2) is 36.4 Å². The van der Waals surface area contributed by atoms with E-state index in [1.54, 1.807) is 17.4 Å². The molecule has 120 valence electrons. The molecule has 0 aliphatic heterocycles. The van der Waals surface area contributed by atoms with E-state index in [1.165, 1.54) is 11.3 Å². The van der Waals surface area contributed by atoms with Crippen molar-refractivity contribution in [3.05, 3.63) is 56.5 Å². The highest BCUT2D eigenvalue weighted by Gasteiger charge is 2.05. The highest BCUT2D eigenvalue weighted by atomic mass is 35.5. The summed E-state index contributed by atoms with van der Waals surface area (Å²) in [7, 11) is 0. The SMILES string of the molecule is N#Cc1nc2c(Cl)cccc2s1.NCc1nc2c(Cl)cccc2s1. The maximum Gasteiger partial charge on any atom is 0.195 e. The number of hydrogen-bond donors (Lipinski definition) is 1. The van der Waals surface area contributed by atoms with Crippen LogP contribution in [-0.2, 0) is 6.54 Å². The van der Waals surface area contributed by atoms with Crippen LogP contribution in [0.2, 0.25) is 10.0 Å². The van der Waals surface area contributed by atoms with Crippen LogP contribution in [0.1, 0.15) is 10.0 Å². The first kappa shape index (κ1) is 17.1. The van der Waals surface area contributed by atoms with Gasteiger partial charge in [-0.2, -0.15) is 5.26 Å². The monoisotopic (exact) mass is 392 g/mol. The predicted octanol–water partition coefficient (Wildman–Crippen LogP) is 5.23. The van der Waals surface area contributed by atoms with Crippen LogP contribution in [0.3, 0.4) is 0 Å². The number of nitrogens with zero attached hydrogens (tertiary/aromatic N) is 3. The summed E-state index contributed by atoms with van der Waals surface area (Å²) in [5.74, 6) is 0. The Balaban J connectivity index is 0.000000141. The van der Waals surface area contributed by atoms with Gasteiger partial charge < -0.3 is 5.73 Å². The Bertz CT molecular complexity index is 1050. The third-order valence-electron chi connectivity index (χ3n) is 3.05. The third-order valence-corrected chi connectivity index (χ3v) is 5.63. The third kappa shape index (κ3) is 3.51. The van der Waals surface area contributed by atoms with Crippen LogP contribution < -0.4 is 5.73 Å². The summed E-state index contributed by atoms with van der Waals surface area (Å²) in [5, 5.41) is 11.3. The van der Waals surface area contributed by atoms with E-state index in [0.29, 0.717) is 21.6 Å². The van der Waals surface area contributed by atoms with E-state index in [4.69, 9.17) is 34.2 Å². The molecule has 4 aromatic rings. The molecule has 0 aliphatic carbocycles. The van der Waals surface area contributed by atoms with Gasteiger partial charge in [-0.25, -0.2) is 9.97 Å². The highest BCUT2D eigenvalue weighted by Crippen LogP contribution is 2.28. The molecule has 0 saturated heterocycles. The van der Waals surface area contributed by atoms with Crippen LogP contribution in [0, 0.1) is 11.3 Å². The summed E-state index contributed by atoms with van der Waals surface area (Å²) in [6.45, 7) is 0.482. The molecular weight excluding hydrogens is 383 g/mol. The zero-order chi connectivity index (χ0) is 17.1. The number of benzene rings is 2. The topological polar surface area (TPSA) is 75.6 Å². The molecule has 0 unspecified atom stereocenters. The van der Waals surface area contributed by atoms with Gasteiger partial charge in [0.2, 0.25) is 0 Å². The molecule has 2 N–H and O–H groups in total.